The summed E-state index contributed by atoms with van der Waals surface area (Å²) in [7, 11) is 0. The molecule has 6 nitrogen and oxygen atoms in total. The van der Waals surface area contributed by atoms with Crippen LogP contribution in [0, 0.1) is 0 Å². The van der Waals surface area contributed by atoms with Gasteiger partial charge in [0.05, 0.1) is 9.59 Å². The Morgan fingerprint density at radius 3 is 1.06 bits per heavy atom. The number of nitrogens with two attached hydrogens (primary N) is 2. The number of carbonyl (C=O) groups excluding carboxylic acids is 2. The van der Waals surface area contributed by atoms with Crippen LogP contribution in [0.1, 0.15) is 142 Å². The van der Waals surface area contributed by atoms with E-state index >= 15 is 0 Å². The molecule has 0 saturated carbocycles. The number of allylic oxidation sites excluding steroid dienone is 2. The Morgan fingerprint density at radius 2 is 0.750 bits per heavy atom. The molecule has 0 heterocycles. The van der Waals surface area contributed by atoms with Gasteiger partial charge in [0.2, 0.25) is 0 Å². The number of hydrogen-bond donors (Lipinski definition) is 2. The van der Waals surface area contributed by atoms with Crippen LogP contribution in [0.3, 0.4) is 0 Å². The largest absolute Gasteiger partial charge is 0.662 e. The van der Waals surface area contributed by atoms with Crippen LogP contribution < -0.4 is 11.0 Å². The zero-order valence-corrected chi connectivity index (χ0v) is 23.7. The molecule has 0 aliphatic heterocycles. The van der Waals surface area contributed by atoms with Gasteiger partial charge in [-0.1, -0.05) is 137 Å². The van der Waals surface area contributed by atoms with Gasteiger partial charge in [0.25, 0.3) is 0 Å². The minimum atomic E-state index is -0.424. The summed E-state index contributed by atoms with van der Waals surface area (Å²) in [5.74, 6) is -0.847. The van der Waals surface area contributed by atoms with Gasteiger partial charge in [-0.3, -0.25) is 0 Å². The zero-order chi connectivity index (χ0) is 26.4. The first-order valence-corrected chi connectivity index (χ1v) is 15.1. The van der Waals surface area contributed by atoms with Gasteiger partial charge in [-0.25, -0.2) is 0 Å². The maximum atomic E-state index is 11.7. The maximum absolute atomic E-state index is 11.7. The van der Waals surface area contributed by atoms with E-state index < -0.39 is 11.9 Å². The lowest BCUT2D eigenvalue weighted by molar-refractivity contribution is -0.871. The summed E-state index contributed by atoms with van der Waals surface area (Å²) >= 11 is 0. The molecule has 2 radical (unpaired) electrons. The Labute approximate surface area is 222 Å². The molecule has 0 fully saturated rings. The van der Waals surface area contributed by atoms with Crippen LogP contribution in [0.4, 0.5) is 0 Å². The second-order valence-electron chi connectivity index (χ2n) is 9.87. The molecular weight excluding hydrogens is 452 g/mol. The lowest BCUT2D eigenvalue weighted by Gasteiger charge is -2.00. The lowest BCUT2D eigenvalue weighted by Crippen LogP contribution is -2.84. The van der Waals surface area contributed by atoms with E-state index in [1.54, 1.807) is 11.0 Å². The first-order chi connectivity index (χ1) is 17.7. The van der Waals surface area contributed by atoms with Gasteiger partial charge in [-0.15, -0.1) is 0 Å². The van der Waals surface area contributed by atoms with Crippen LogP contribution in [0.25, 0.3) is 0 Å². The third-order valence-corrected chi connectivity index (χ3v) is 6.33. The van der Waals surface area contributed by atoms with Crippen molar-refractivity contribution in [1.82, 2.24) is 0 Å². The predicted octanol–water partition coefficient (Wildman–Crippen LogP) is 5.98. The minimum absolute atomic E-state index is 0.424. The highest BCUT2D eigenvalue weighted by atomic mass is 16.7. The Balaban J connectivity index is 3.45. The molecular formula is C30H58N2O4+4. The molecule has 208 valence electrons. The second-order valence-corrected chi connectivity index (χ2v) is 9.87. The van der Waals surface area contributed by atoms with E-state index in [1.807, 2.05) is 0 Å². The Hall–Kier alpha value is -1.66. The summed E-state index contributed by atoms with van der Waals surface area (Å²) in [4.78, 5) is 33.5. The third-order valence-electron chi connectivity index (χ3n) is 6.33. The van der Waals surface area contributed by atoms with Gasteiger partial charge in [0.1, 0.15) is 25.2 Å². The number of rotatable bonds is 27. The van der Waals surface area contributed by atoms with Crippen LogP contribution in [0.15, 0.2) is 24.3 Å². The number of unbranched alkanes of at least 4 members (excludes halogenated alkanes) is 18. The van der Waals surface area contributed by atoms with E-state index in [0.717, 1.165) is 25.9 Å². The lowest BCUT2D eigenvalue weighted by atomic mass is 10.1. The van der Waals surface area contributed by atoms with Gasteiger partial charge in [-0.2, -0.15) is 0 Å². The normalized spacial score (nSPS) is 11.5. The van der Waals surface area contributed by atoms with Gasteiger partial charge < -0.3 is 0 Å². The van der Waals surface area contributed by atoms with Gasteiger partial charge in [-0.05, 0) is 25.0 Å². The highest BCUT2D eigenvalue weighted by Gasteiger charge is 2.17. The fourth-order valence-corrected chi connectivity index (χ4v) is 4.06. The van der Waals surface area contributed by atoms with Gasteiger partial charge >= 0.3 is 11.9 Å². The summed E-state index contributed by atoms with van der Waals surface area (Å²) < 4.78 is 0. The molecule has 0 spiro atoms. The highest BCUT2D eigenvalue weighted by Crippen LogP contribution is 2.11. The SMILES string of the molecule is CCCCCCCCCCCC[NH2+]OC(=[O+])/C=C\C=C\C(=[O+])O[NH2+]CCCCCCCCCCCC. The number of hydroxylamine groups is 2. The summed E-state index contributed by atoms with van der Waals surface area (Å²) in [5.41, 5.74) is 3.16. The third kappa shape index (κ3) is 28.6. The standard InChI is InChI=1S/C30H56N2O4/c1-3-5-7-9-11-13-15-17-19-23-27-31-35-29(33)25-21-22-26-30(34)36-32-28-24-20-18-16-14-12-10-8-6-4-2/h21-22,25-26,31-32H,3-20,23-24,27-28H2,1-2H3/q+2/p+2/b25-21-,26-22+. The van der Waals surface area contributed by atoms with Crippen molar-refractivity contribution in [3.05, 3.63) is 24.3 Å². The quantitative estimate of drug-likeness (QED) is 0.0467. The molecule has 0 atom stereocenters. The van der Waals surface area contributed by atoms with E-state index in [2.05, 4.69) is 13.8 Å². The molecule has 0 unspecified atom stereocenters. The number of carbonyl (C=O) groups is 2. The minimum Gasteiger partial charge on any atom is -0.0846 e. The van der Waals surface area contributed by atoms with E-state index in [-0.39, 0.29) is 0 Å². The van der Waals surface area contributed by atoms with Crippen molar-refractivity contribution in [3.63, 3.8) is 0 Å². The fraction of sp³-hybridized carbons (Fsp3) is 0.800. The van der Waals surface area contributed by atoms with Gasteiger partial charge in [0, 0.05) is 12.8 Å². The Morgan fingerprint density at radius 1 is 0.472 bits per heavy atom. The molecule has 0 rings (SSSR count). The summed E-state index contributed by atoms with van der Waals surface area (Å²) in [6, 6.07) is 0. The van der Waals surface area contributed by atoms with E-state index in [9.17, 15) is 9.59 Å². The van der Waals surface area contributed by atoms with E-state index in [1.165, 1.54) is 140 Å². The molecule has 0 aromatic carbocycles. The van der Waals surface area contributed by atoms with Crippen molar-refractivity contribution in [3.8, 4) is 0 Å². The topological polar surface area (TPSA) is 91.5 Å². The molecule has 6 heteroatoms. The first kappa shape index (κ1) is 34.3. The fourth-order valence-electron chi connectivity index (χ4n) is 4.06. The van der Waals surface area contributed by atoms with Crippen molar-refractivity contribution >= 4 is 11.9 Å². The Bertz CT molecular complexity index is 501. The van der Waals surface area contributed by atoms with Crippen molar-refractivity contribution in [1.29, 1.82) is 0 Å². The maximum Gasteiger partial charge on any atom is 0.662 e. The Kier molecular flexibility index (Phi) is 28.2. The highest BCUT2D eigenvalue weighted by molar-refractivity contribution is 5.83. The monoisotopic (exact) mass is 510 g/mol. The zero-order valence-electron chi connectivity index (χ0n) is 23.7. The van der Waals surface area contributed by atoms with Crippen molar-refractivity contribution in [2.24, 2.45) is 0 Å². The average Bonchev–Trinajstić information content (AvgIpc) is 2.88. The van der Waals surface area contributed by atoms with Crippen molar-refractivity contribution in [2.75, 3.05) is 13.1 Å². The second kappa shape index (κ2) is 29.6. The van der Waals surface area contributed by atoms with Gasteiger partial charge in [0.15, 0.2) is 0 Å². The van der Waals surface area contributed by atoms with Crippen LogP contribution >= 0.6 is 0 Å². The first-order valence-electron chi connectivity index (χ1n) is 15.1. The molecule has 0 saturated heterocycles. The number of quaternary nitrogens is 2. The molecule has 0 aliphatic carbocycles. The van der Waals surface area contributed by atoms with Crippen molar-refractivity contribution in [2.45, 2.75) is 142 Å². The van der Waals surface area contributed by atoms with Crippen LogP contribution in [0.2, 0.25) is 0 Å². The van der Waals surface area contributed by atoms with E-state index in [4.69, 9.17) is 9.68 Å². The molecule has 0 aliphatic rings. The summed E-state index contributed by atoms with van der Waals surface area (Å²) in [6.07, 6.45) is 31.5. The molecule has 0 amide bonds. The molecule has 0 aromatic rings. The van der Waals surface area contributed by atoms with E-state index in [0.29, 0.717) is 0 Å². The molecule has 36 heavy (non-hydrogen) atoms. The summed E-state index contributed by atoms with van der Waals surface area (Å²) in [6.45, 7) is 6.07. The van der Waals surface area contributed by atoms with Crippen LogP contribution in [-0.4, -0.2) is 25.0 Å². The summed E-state index contributed by atoms with van der Waals surface area (Å²) in [5, 5.41) is 0. The molecule has 0 bridgehead atoms. The predicted molar refractivity (Wildman–Crippen MR) is 148 cm³/mol. The number of hydrogen-bond acceptors (Lipinski definition) is 4. The average molecular weight is 511 g/mol. The molecule has 4 N–H and O–H groups in total. The van der Waals surface area contributed by atoms with Crippen LogP contribution in [-0.2, 0) is 19.3 Å². The molecule has 0 aromatic heterocycles. The smallest absolute Gasteiger partial charge is 0.0846 e. The van der Waals surface area contributed by atoms with Crippen LogP contribution in [0.5, 0.6) is 0 Å². The van der Waals surface area contributed by atoms with Crippen molar-refractivity contribution < 1.29 is 30.2 Å².